The summed E-state index contributed by atoms with van der Waals surface area (Å²) in [5.74, 6) is 0.0600. The first-order chi connectivity index (χ1) is 6.59. The van der Waals surface area contributed by atoms with Crippen LogP contribution >= 0.6 is 44.5 Å². The van der Waals surface area contributed by atoms with Gasteiger partial charge in [0, 0.05) is 11.1 Å². The normalized spacial score (nSPS) is 10.1. The summed E-state index contributed by atoms with van der Waals surface area (Å²) in [7, 11) is 0. The second kappa shape index (κ2) is 4.68. The monoisotopic (exact) mass is 351 g/mol. The predicted molar refractivity (Wildman–Crippen MR) is 71.2 cm³/mol. The number of hydrogen-bond donors (Lipinski definition) is 1. The smallest absolute Gasteiger partial charge is 0.149 e. The van der Waals surface area contributed by atoms with Gasteiger partial charge in [-0.15, -0.1) is 17.0 Å². The van der Waals surface area contributed by atoms with Crippen LogP contribution in [0.5, 0.6) is 5.75 Å². The molecule has 1 aromatic heterocycles. The molecule has 5 heteroatoms. The summed E-state index contributed by atoms with van der Waals surface area (Å²) in [5, 5.41) is 10.7. The number of phenols is 1. The van der Waals surface area contributed by atoms with Gasteiger partial charge in [0.1, 0.15) is 5.75 Å². The van der Waals surface area contributed by atoms with Crippen LogP contribution < -0.4 is 0 Å². The van der Waals surface area contributed by atoms with Crippen LogP contribution in [0.25, 0.3) is 10.9 Å². The molecule has 0 fully saturated rings. The van der Waals surface area contributed by atoms with Crippen molar-refractivity contribution in [3.63, 3.8) is 0 Å². The van der Waals surface area contributed by atoms with Gasteiger partial charge in [-0.25, -0.2) is 0 Å². The summed E-state index contributed by atoms with van der Waals surface area (Å²) >= 11 is 9.11. The molecule has 0 aliphatic carbocycles. The Morgan fingerprint density at radius 1 is 1.40 bits per heavy atom. The molecule has 80 valence electrons. The highest BCUT2D eigenvalue weighted by Gasteiger charge is 2.09. The SMILES string of the molecule is Br.Cc1ccc2c(Br)c(O)c(Cl)cc2n1. The number of aromatic hydroxyl groups is 1. The molecule has 1 aromatic carbocycles. The lowest BCUT2D eigenvalue weighted by molar-refractivity contribution is 0.473. The van der Waals surface area contributed by atoms with Crippen molar-refractivity contribution in [2.45, 2.75) is 6.92 Å². The zero-order valence-electron chi connectivity index (χ0n) is 7.79. The third-order valence-corrected chi connectivity index (χ3v) is 3.09. The lowest BCUT2D eigenvalue weighted by atomic mass is 10.2. The minimum Gasteiger partial charge on any atom is -0.505 e. The number of phenolic OH excluding ortho intramolecular Hbond substituents is 1. The van der Waals surface area contributed by atoms with E-state index in [1.54, 1.807) is 6.07 Å². The Bertz CT molecular complexity index is 516. The van der Waals surface area contributed by atoms with Crippen molar-refractivity contribution in [3.8, 4) is 5.75 Å². The van der Waals surface area contributed by atoms with Crippen molar-refractivity contribution in [3.05, 3.63) is 33.4 Å². The first-order valence-corrected chi connectivity index (χ1v) is 5.21. The van der Waals surface area contributed by atoms with Gasteiger partial charge in [-0.3, -0.25) is 4.98 Å². The molecular formula is C10H8Br2ClNO. The van der Waals surface area contributed by atoms with Crippen LogP contribution in [-0.2, 0) is 0 Å². The summed E-state index contributed by atoms with van der Waals surface area (Å²) in [4.78, 5) is 4.31. The summed E-state index contributed by atoms with van der Waals surface area (Å²) in [6.07, 6.45) is 0. The molecule has 0 amide bonds. The third kappa shape index (κ3) is 2.27. The molecule has 0 atom stereocenters. The van der Waals surface area contributed by atoms with Gasteiger partial charge in [-0.05, 0) is 41.1 Å². The lowest BCUT2D eigenvalue weighted by Crippen LogP contribution is -1.84. The van der Waals surface area contributed by atoms with Crippen molar-refractivity contribution in [1.82, 2.24) is 4.98 Å². The Balaban J connectivity index is 0.00000112. The fraction of sp³-hybridized carbons (Fsp3) is 0.100. The maximum atomic E-state index is 9.57. The predicted octanol–water partition coefficient (Wildman–Crippen LogP) is 4.24. The van der Waals surface area contributed by atoms with E-state index in [0.29, 0.717) is 9.50 Å². The molecule has 0 radical (unpaired) electrons. The molecule has 0 aliphatic heterocycles. The second-order valence-corrected chi connectivity index (χ2v) is 4.24. The second-order valence-electron chi connectivity index (χ2n) is 3.04. The summed E-state index contributed by atoms with van der Waals surface area (Å²) in [6, 6.07) is 5.45. The minimum absolute atomic E-state index is 0. The van der Waals surface area contributed by atoms with E-state index in [1.807, 2.05) is 19.1 Å². The zero-order valence-corrected chi connectivity index (χ0v) is 11.8. The molecule has 0 spiro atoms. The summed E-state index contributed by atoms with van der Waals surface area (Å²) < 4.78 is 0.590. The number of benzene rings is 1. The van der Waals surface area contributed by atoms with Gasteiger partial charge in [0.05, 0.1) is 15.0 Å². The van der Waals surface area contributed by atoms with E-state index in [2.05, 4.69) is 20.9 Å². The van der Waals surface area contributed by atoms with E-state index in [4.69, 9.17) is 11.6 Å². The number of halogens is 3. The fourth-order valence-electron chi connectivity index (χ4n) is 1.29. The lowest BCUT2D eigenvalue weighted by Gasteiger charge is -2.05. The highest BCUT2D eigenvalue weighted by Crippen LogP contribution is 2.37. The van der Waals surface area contributed by atoms with Gasteiger partial charge in [-0.2, -0.15) is 0 Å². The molecule has 0 saturated heterocycles. The molecule has 1 N–H and O–H groups in total. The van der Waals surface area contributed by atoms with Crippen LogP contribution in [0.3, 0.4) is 0 Å². The average Bonchev–Trinajstić information content (AvgIpc) is 2.14. The van der Waals surface area contributed by atoms with Crippen LogP contribution in [0.15, 0.2) is 22.7 Å². The summed E-state index contributed by atoms with van der Waals surface area (Å²) in [5.41, 5.74) is 1.70. The average molecular weight is 353 g/mol. The van der Waals surface area contributed by atoms with Crippen molar-refractivity contribution in [2.75, 3.05) is 0 Å². The number of fused-ring (bicyclic) bond motifs is 1. The molecule has 0 saturated carbocycles. The minimum atomic E-state index is 0. The zero-order chi connectivity index (χ0) is 10.3. The topological polar surface area (TPSA) is 33.1 Å². The fourth-order valence-corrected chi connectivity index (χ4v) is 2.15. The van der Waals surface area contributed by atoms with Gasteiger partial charge < -0.3 is 5.11 Å². The number of nitrogens with zero attached hydrogens (tertiary/aromatic N) is 1. The first-order valence-electron chi connectivity index (χ1n) is 4.04. The number of rotatable bonds is 0. The van der Waals surface area contributed by atoms with Gasteiger partial charge >= 0.3 is 0 Å². The van der Waals surface area contributed by atoms with Gasteiger partial charge in [0.2, 0.25) is 0 Å². The Labute approximate surface area is 111 Å². The largest absolute Gasteiger partial charge is 0.505 e. The standard InChI is InChI=1S/C10H7BrClNO.BrH/c1-5-2-3-6-8(13-5)4-7(12)10(14)9(6)11;/h2-4,14H,1H3;1H. The number of aromatic nitrogens is 1. The van der Waals surface area contributed by atoms with E-state index in [-0.39, 0.29) is 22.7 Å². The molecule has 15 heavy (non-hydrogen) atoms. The van der Waals surface area contributed by atoms with E-state index in [0.717, 1.165) is 16.6 Å². The van der Waals surface area contributed by atoms with Crippen LogP contribution in [-0.4, -0.2) is 10.1 Å². The first kappa shape index (κ1) is 12.7. The maximum Gasteiger partial charge on any atom is 0.149 e. The van der Waals surface area contributed by atoms with Gasteiger partial charge in [-0.1, -0.05) is 11.6 Å². The van der Waals surface area contributed by atoms with E-state index < -0.39 is 0 Å². The third-order valence-electron chi connectivity index (χ3n) is 2.00. The Morgan fingerprint density at radius 2 is 2.07 bits per heavy atom. The van der Waals surface area contributed by atoms with E-state index in [9.17, 15) is 5.11 Å². The van der Waals surface area contributed by atoms with Gasteiger partial charge in [0.25, 0.3) is 0 Å². The molecule has 2 rings (SSSR count). The Morgan fingerprint density at radius 3 is 2.73 bits per heavy atom. The Kier molecular flexibility index (Phi) is 3.98. The van der Waals surface area contributed by atoms with Crippen LogP contribution in [0.4, 0.5) is 0 Å². The van der Waals surface area contributed by atoms with Crippen LogP contribution in [0.1, 0.15) is 5.69 Å². The van der Waals surface area contributed by atoms with Crippen molar-refractivity contribution in [1.29, 1.82) is 0 Å². The molecule has 2 aromatic rings. The van der Waals surface area contributed by atoms with Gasteiger partial charge in [0.15, 0.2) is 0 Å². The molecule has 1 heterocycles. The quantitative estimate of drug-likeness (QED) is 0.768. The highest BCUT2D eigenvalue weighted by molar-refractivity contribution is 9.10. The number of aryl methyl sites for hydroxylation is 1. The van der Waals surface area contributed by atoms with E-state index >= 15 is 0 Å². The molecule has 0 aliphatic rings. The van der Waals surface area contributed by atoms with Crippen molar-refractivity contribution in [2.24, 2.45) is 0 Å². The van der Waals surface area contributed by atoms with Crippen LogP contribution in [0, 0.1) is 6.92 Å². The van der Waals surface area contributed by atoms with Crippen molar-refractivity contribution >= 4 is 55.4 Å². The molecule has 2 nitrogen and oxygen atoms in total. The number of pyridine rings is 1. The maximum absolute atomic E-state index is 9.57. The highest BCUT2D eigenvalue weighted by atomic mass is 79.9. The molecular weight excluding hydrogens is 345 g/mol. The number of hydrogen-bond acceptors (Lipinski definition) is 2. The molecule has 0 bridgehead atoms. The molecule has 0 unspecified atom stereocenters. The Hall–Kier alpha value is -0.320. The summed E-state index contributed by atoms with van der Waals surface area (Å²) in [6.45, 7) is 1.91. The van der Waals surface area contributed by atoms with Crippen molar-refractivity contribution < 1.29 is 5.11 Å². The van der Waals surface area contributed by atoms with E-state index in [1.165, 1.54) is 0 Å². The van der Waals surface area contributed by atoms with Crippen LogP contribution in [0.2, 0.25) is 5.02 Å².